The Bertz CT molecular complexity index is 404. The first-order valence-corrected chi connectivity index (χ1v) is 4.63. The lowest BCUT2D eigenvalue weighted by atomic mass is 10.1. The number of rotatable bonds is 4. The molecule has 0 aliphatic carbocycles. The third-order valence-electron chi connectivity index (χ3n) is 2.11. The normalized spacial score (nSPS) is 11.1. The zero-order valence-electron chi connectivity index (χ0n) is 9.39. The van der Waals surface area contributed by atoms with Gasteiger partial charge in [0.1, 0.15) is 11.5 Å². The Hall–Kier alpha value is -2.04. The molecule has 0 saturated carbocycles. The van der Waals surface area contributed by atoms with E-state index in [1.54, 1.807) is 18.2 Å². The van der Waals surface area contributed by atoms with Gasteiger partial charge < -0.3 is 9.47 Å². The van der Waals surface area contributed by atoms with Crippen molar-refractivity contribution in [1.29, 1.82) is 0 Å². The van der Waals surface area contributed by atoms with Crippen LogP contribution in [0.15, 0.2) is 23.9 Å². The number of benzene rings is 1. The summed E-state index contributed by atoms with van der Waals surface area (Å²) in [4.78, 5) is 10.1. The molecule has 0 heterocycles. The SMILES string of the molecule is COc1cccc(OC)c1C=C(C)[N+](=O)[O-]. The van der Waals surface area contributed by atoms with Crippen LogP contribution in [0.3, 0.4) is 0 Å². The van der Waals surface area contributed by atoms with Crippen LogP contribution in [0.5, 0.6) is 11.5 Å². The van der Waals surface area contributed by atoms with Crippen molar-refractivity contribution in [1.82, 2.24) is 0 Å². The molecule has 0 aromatic heterocycles. The summed E-state index contributed by atoms with van der Waals surface area (Å²) in [5.41, 5.74) is 0.601. The molecule has 0 N–H and O–H groups in total. The summed E-state index contributed by atoms with van der Waals surface area (Å²) in [6.45, 7) is 1.42. The second-order valence-corrected chi connectivity index (χ2v) is 3.12. The number of nitro groups is 1. The van der Waals surface area contributed by atoms with Gasteiger partial charge in [-0.25, -0.2) is 0 Å². The maximum atomic E-state index is 10.6. The van der Waals surface area contributed by atoms with E-state index in [9.17, 15) is 10.1 Å². The fraction of sp³-hybridized carbons (Fsp3) is 0.273. The molecule has 0 amide bonds. The standard InChI is InChI=1S/C11H13NO4/c1-8(12(13)14)7-9-10(15-2)5-4-6-11(9)16-3/h4-7H,1-3H3. The Morgan fingerprint density at radius 2 is 1.81 bits per heavy atom. The van der Waals surface area contributed by atoms with Crippen molar-refractivity contribution < 1.29 is 14.4 Å². The summed E-state index contributed by atoms with van der Waals surface area (Å²) in [7, 11) is 3.02. The van der Waals surface area contributed by atoms with Gasteiger partial charge in [0.25, 0.3) is 0 Å². The fourth-order valence-corrected chi connectivity index (χ4v) is 1.28. The minimum atomic E-state index is -0.453. The summed E-state index contributed by atoms with van der Waals surface area (Å²) in [6.07, 6.45) is 1.43. The number of allylic oxidation sites excluding steroid dienone is 1. The molecule has 0 radical (unpaired) electrons. The van der Waals surface area contributed by atoms with E-state index in [1.165, 1.54) is 27.2 Å². The van der Waals surface area contributed by atoms with E-state index in [0.29, 0.717) is 17.1 Å². The van der Waals surface area contributed by atoms with E-state index in [-0.39, 0.29) is 5.70 Å². The average Bonchev–Trinajstić information content (AvgIpc) is 2.29. The van der Waals surface area contributed by atoms with Crippen LogP contribution in [0, 0.1) is 10.1 Å². The molecule has 0 spiro atoms. The number of hydrogen-bond donors (Lipinski definition) is 0. The fourth-order valence-electron chi connectivity index (χ4n) is 1.28. The Morgan fingerprint density at radius 3 is 2.19 bits per heavy atom. The molecule has 16 heavy (non-hydrogen) atoms. The lowest BCUT2D eigenvalue weighted by molar-refractivity contribution is -0.422. The average molecular weight is 223 g/mol. The van der Waals surface area contributed by atoms with Gasteiger partial charge in [0.2, 0.25) is 5.70 Å². The van der Waals surface area contributed by atoms with Gasteiger partial charge in [0.05, 0.1) is 24.7 Å². The highest BCUT2D eigenvalue weighted by Gasteiger charge is 2.11. The van der Waals surface area contributed by atoms with Gasteiger partial charge in [-0.1, -0.05) is 6.07 Å². The molecule has 5 heteroatoms. The highest BCUT2D eigenvalue weighted by atomic mass is 16.6. The van der Waals surface area contributed by atoms with Gasteiger partial charge in [-0.2, -0.15) is 0 Å². The Labute approximate surface area is 93.4 Å². The number of methoxy groups -OCH3 is 2. The van der Waals surface area contributed by atoms with E-state index in [2.05, 4.69) is 0 Å². The van der Waals surface area contributed by atoms with Crippen molar-refractivity contribution in [2.24, 2.45) is 0 Å². The summed E-state index contributed by atoms with van der Waals surface area (Å²) in [6, 6.07) is 5.21. The maximum Gasteiger partial charge on any atom is 0.244 e. The van der Waals surface area contributed by atoms with E-state index >= 15 is 0 Å². The first kappa shape index (κ1) is 12.0. The monoisotopic (exact) mass is 223 g/mol. The van der Waals surface area contributed by atoms with Gasteiger partial charge in [0.15, 0.2) is 0 Å². The molecule has 1 aromatic carbocycles. The Kier molecular flexibility index (Phi) is 3.88. The Balaban J connectivity index is 3.29. The molecule has 1 rings (SSSR count). The first-order valence-electron chi connectivity index (χ1n) is 4.63. The third-order valence-corrected chi connectivity index (χ3v) is 2.11. The van der Waals surface area contributed by atoms with Crippen LogP contribution in [-0.2, 0) is 0 Å². The quantitative estimate of drug-likeness (QED) is 0.580. The Morgan fingerprint density at radius 1 is 1.31 bits per heavy atom. The van der Waals surface area contributed by atoms with Crippen LogP contribution in [-0.4, -0.2) is 19.1 Å². The van der Waals surface area contributed by atoms with Crippen molar-refractivity contribution in [3.63, 3.8) is 0 Å². The van der Waals surface area contributed by atoms with Crippen LogP contribution in [0.1, 0.15) is 12.5 Å². The molecule has 0 bridgehead atoms. The van der Waals surface area contributed by atoms with Gasteiger partial charge in [-0.3, -0.25) is 10.1 Å². The van der Waals surface area contributed by atoms with Crippen molar-refractivity contribution in [3.05, 3.63) is 39.6 Å². The summed E-state index contributed by atoms with van der Waals surface area (Å²) in [5, 5.41) is 10.6. The second-order valence-electron chi connectivity index (χ2n) is 3.12. The van der Waals surface area contributed by atoms with Crippen molar-refractivity contribution >= 4 is 6.08 Å². The van der Waals surface area contributed by atoms with E-state index in [0.717, 1.165) is 0 Å². The van der Waals surface area contributed by atoms with Crippen molar-refractivity contribution in [3.8, 4) is 11.5 Å². The first-order chi connectivity index (χ1) is 7.60. The lowest BCUT2D eigenvalue weighted by Crippen LogP contribution is -1.96. The summed E-state index contributed by atoms with van der Waals surface area (Å²) < 4.78 is 10.2. The second kappa shape index (κ2) is 5.16. The summed E-state index contributed by atoms with van der Waals surface area (Å²) >= 11 is 0. The predicted octanol–water partition coefficient (Wildman–Crippen LogP) is 2.34. The van der Waals surface area contributed by atoms with E-state index < -0.39 is 4.92 Å². The molecule has 0 atom stereocenters. The maximum absolute atomic E-state index is 10.6. The molecule has 86 valence electrons. The molecular formula is C11H13NO4. The number of ether oxygens (including phenoxy) is 2. The number of hydrogen-bond acceptors (Lipinski definition) is 4. The van der Waals surface area contributed by atoms with Crippen LogP contribution < -0.4 is 9.47 Å². The van der Waals surface area contributed by atoms with Crippen LogP contribution in [0.2, 0.25) is 0 Å². The zero-order chi connectivity index (χ0) is 12.1. The van der Waals surface area contributed by atoms with Gasteiger partial charge in [-0.15, -0.1) is 0 Å². The van der Waals surface area contributed by atoms with Crippen LogP contribution in [0.25, 0.3) is 6.08 Å². The van der Waals surface area contributed by atoms with Gasteiger partial charge in [-0.05, 0) is 12.1 Å². The number of nitrogens with zero attached hydrogens (tertiary/aromatic N) is 1. The largest absolute Gasteiger partial charge is 0.496 e. The van der Waals surface area contributed by atoms with Gasteiger partial charge >= 0.3 is 0 Å². The minimum absolute atomic E-state index is 0.0304. The van der Waals surface area contributed by atoms with Crippen LogP contribution in [0.4, 0.5) is 0 Å². The minimum Gasteiger partial charge on any atom is -0.496 e. The lowest BCUT2D eigenvalue weighted by Gasteiger charge is -2.09. The highest BCUT2D eigenvalue weighted by Crippen LogP contribution is 2.30. The molecule has 0 unspecified atom stereocenters. The van der Waals surface area contributed by atoms with Crippen molar-refractivity contribution in [2.75, 3.05) is 14.2 Å². The molecule has 1 aromatic rings. The molecular weight excluding hydrogens is 210 g/mol. The molecule has 0 aliphatic heterocycles. The van der Waals surface area contributed by atoms with E-state index in [4.69, 9.17) is 9.47 Å². The zero-order valence-corrected chi connectivity index (χ0v) is 9.39. The predicted molar refractivity (Wildman–Crippen MR) is 60.2 cm³/mol. The van der Waals surface area contributed by atoms with Crippen molar-refractivity contribution in [2.45, 2.75) is 6.92 Å². The van der Waals surface area contributed by atoms with Crippen LogP contribution >= 0.6 is 0 Å². The molecule has 5 nitrogen and oxygen atoms in total. The summed E-state index contributed by atoms with van der Waals surface area (Å²) in [5.74, 6) is 1.08. The highest BCUT2D eigenvalue weighted by molar-refractivity contribution is 5.65. The molecule has 0 aliphatic rings. The smallest absolute Gasteiger partial charge is 0.244 e. The van der Waals surface area contributed by atoms with E-state index in [1.807, 2.05) is 0 Å². The topological polar surface area (TPSA) is 61.6 Å². The van der Waals surface area contributed by atoms with Gasteiger partial charge in [0, 0.05) is 13.0 Å². The third kappa shape index (κ3) is 2.50. The molecule has 0 fully saturated rings. The molecule has 0 saturated heterocycles.